The second-order valence-electron chi connectivity index (χ2n) is 7.21. The maximum absolute atomic E-state index is 14.3. The lowest BCUT2D eigenvalue weighted by atomic mass is 10.0. The van der Waals surface area contributed by atoms with Crippen LogP contribution in [-0.4, -0.2) is 46.7 Å². The van der Waals surface area contributed by atoms with Gasteiger partial charge in [-0.05, 0) is 37.5 Å². The summed E-state index contributed by atoms with van der Waals surface area (Å²) in [6.07, 6.45) is 2.65. The van der Waals surface area contributed by atoms with Gasteiger partial charge in [-0.25, -0.2) is 0 Å². The lowest BCUT2D eigenvalue weighted by Crippen LogP contribution is -2.52. The van der Waals surface area contributed by atoms with E-state index >= 15 is 0 Å². The number of halogens is 2. The van der Waals surface area contributed by atoms with E-state index in [0.717, 1.165) is 6.08 Å². The second-order valence-corrected chi connectivity index (χ2v) is 7.21. The summed E-state index contributed by atoms with van der Waals surface area (Å²) in [5.74, 6) is -6.47. The van der Waals surface area contributed by atoms with Crippen molar-refractivity contribution in [1.29, 1.82) is 0 Å². The summed E-state index contributed by atoms with van der Waals surface area (Å²) >= 11 is 0. The van der Waals surface area contributed by atoms with Crippen LogP contribution in [-0.2, 0) is 27.5 Å². The number of imide groups is 1. The molecule has 1 aromatic rings. The van der Waals surface area contributed by atoms with Gasteiger partial charge in [-0.2, -0.15) is 8.78 Å². The third kappa shape index (κ3) is 4.37. The summed E-state index contributed by atoms with van der Waals surface area (Å²) in [6.45, 7) is 2.84. The van der Waals surface area contributed by atoms with Gasteiger partial charge < -0.3 is 10.2 Å². The van der Waals surface area contributed by atoms with Crippen LogP contribution in [0.5, 0.6) is 0 Å². The smallest absolute Gasteiger partial charge is 0.346 e. The van der Waals surface area contributed by atoms with Crippen LogP contribution in [0.25, 0.3) is 0 Å². The first-order valence-corrected chi connectivity index (χ1v) is 9.77. The lowest BCUT2D eigenvalue weighted by Gasteiger charge is -2.29. The fourth-order valence-electron chi connectivity index (χ4n) is 3.62. The van der Waals surface area contributed by atoms with Gasteiger partial charge in [0.2, 0.25) is 11.8 Å². The van der Waals surface area contributed by atoms with Gasteiger partial charge in [0.05, 0.1) is 0 Å². The number of carbonyl (C=O) groups is 4. The SMILES string of the molecule is CC=N/C(=C\C)C(F)(F)C(=O)NCc1ccc2c(c1)CN(C1CCC(=O)NC1=O)C2=O. The molecule has 0 radical (unpaired) electrons. The Balaban J connectivity index is 1.69. The number of hydrogen-bond acceptors (Lipinski definition) is 5. The lowest BCUT2D eigenvalue weighted by molar-refractivity contribution is -0.141. The van der Waals surface area contributed by atoms with E-state index in [-0.39, 0.29) is 37.7 Å². The van der Waals surface area contributed by atoms with Crippen molar-refractivity contribution in [2.45, 2.75) is 51.7 Å². The fourth-order valence-corrected chi connectivity index (χ4v) is 3.62. The van der Waals surface area contributed by atoms with E-state index < -0.39 is 29.5 Å². The molecule has 0 aromatic heterocycles. The largest absolute Gasteiger partial charge is 0.365 e. The molecular weight excluding hydrogens is 410 g/mol. The van der Waals surface area contributed by atoms with Crippen molar-refractivity contribution in [1.82, 2.24) is 15.5 Å². The van der Waals surface area contributed by atoms with E-state index in [4.69, 9.17) is 0 Å². The maximum Gasteiger partial charge on any atom is 0.365 e. The van der Waals surface area contributed by atoms with Crippen LogP contribution in [0.15, 0.2) is 35.0 Å². The molecule has 0 saturated carbocycles. The normalized spacial score (nSPS) is 19.6. The molecule has 31 heavy (non-hydrogen) atoms. The molecule has 164 valence electrons. The molecular formula is C21H22F2N4O4. The summed E-state index contributed by atoms with van der Waals surface area (Å²) in [6, 6.07) is 4.00. The van der Waals surface area contributed by atoms with Crippen molar-refractivity contribution in [3.63, 3.8) is 0 Å². The summed E-state index contributed by atoms with van der Waals surface area (Å²) in [4.78, 5) is 53.0. The number of allylic oxidation sites excluding steroid dienone is 1. The quantitative estimate of drug-likeness (QED) is 0.527. The Labute approximate surface area is 177 Å². The Morgan fingerprint density at radius 3 is 2.71 bits per heavy atom. The molecule has 0 aliphatic carbocycles. The topological polar surface area (TPSA) is 108 Å². The van der Waals surface area contributed by atoms with Crippen molar-refractivity contribution in [2.75, 3.05) is 0 Å². The van der Waals surface area contributed by atoms with E-state index in [2.05, 4.69) is 15.6 Å². The maximum atomic E-state index is 14.3. The number of rotatable bonds is 6. The molecule has 0 bridgehead atoms. The van der Waals surface area contributed by atoms with Gasteiger partial charge in [0.15, 0.2) is 0 Å². The molecule has 4 amide bonds. The summed E-state index contributed by atoms with van der Waals surface area (Å²) in [7, 11) is 0. The fraction of sp³-hybridized carbons (Fsp3) is 0.381. The molecule has 2 N–H and O–H groups in total. The molecule has 10 heteroatoms. The predicted octanol–water partition coefficient (Wildman–Crippen LogP) is 1.69. The first kappa shape index (κ1) is 22.3. The van der Waals surface area contributed by atoms with Crippen LogP contribution < -0.4 is 10.6 Å². The third-order valence-electron chi connectivity index (χ3n) is 5.19. The minimum Gasteiger partial charge on any atom is -0.346 e. The second kappa shape index (κ2) is 8.75. The summed E-state index contributed by atoms with van der Waals surface area (Å²) in [5.41, 5.74) is 0.908. The molecule has 1 aromatic carbocycles. The van der Waals surface area contributed by atoms with E-state index in [0.29, 0.717) is 16.7 Å². The van der Waals surface area contributed by atoms with Crippen LogP contribution >= 0.6 is 0 Å². The first-order valence-electron chi connectivity index (χ1n) is 9.77. The van der Waals surface area contributed by atoms with Crippen LogP contribution in [0.3, 0.4) is 0 Å². The van der Waals surface area contributed by atoms with Gasteiger partial charge in [0, 0.05) is 31.3 Å². The molecule has 0 spiro atoms. The van der Waals surface area contributed by atoms with Crippen molar-refractivity contribution >= 4 is 29.8 Å². The van der Waals surface area contributed by atoms with Crippen molar-refractivity contribution < 1.29 is 28.0 Å². The molecule has 1 fully saturated rings. The number of nitrogens with zero attached hydrogens (tertiary/aromatic N) is 2. The predicted molar refractivity (Wildman–Crippen MR) is 107 cm³/mol. The molecule has 2 heterocycles. The zero-order valence-electron chi connectivity index (χ0n) is 17.1. The molecule has 1 atom stereocenters. The average molecular weight is 432 g/mol. The van der Waals surface area contributed by atoms with Crippen molar-refractivity contribution in [3.8, 4) is 0 Å². The zero-order chi connectivity index (χ0) is 22.8. The third-order valence-corrected chi connectivity index (χ3v) is 5.19. The highest BCUT2D eigenvalue weighted by Crippen LogP contribution is 2.29. The molecule has 2 aliphatic heterocycles. The Morgan fingerprint density at radius 1 is 1.32 bits per heavy atom. The van der Waals surface area contributed by atoms with E-state index in [9.17, 15) is 28.0 Å². The van der Waals surface area contributed by atoms with Gasteiger partial charge in [-0.15, -0.1) is 0 Å². The highest BCUT2D eigenvalue weighted by atomic mass is 19.3. The summed E-state index contributed by atoms with van der Waals surface area (Å²) < 4.78 is 28.5. The Morgan fingerprint density at radius 2 is 2.06 bits per heavy atom. The zero-order valence-corrected chi connectivity index (χ0v) is 17.1. The molecule has 1 saturated heterocycles. The number of fused-ring (bicyclic) bond motifs is 1. The number of piperidine rings is 1. The van der Waals surface area contributed by atoms with Gasteiger partial charge in [0.1, 0.15) is 11.7 Å². The van der Waals surface area contributed by atoms with Gasteiger partial charge in [0.25, 0.3) is 11.8 Å². The minimum atomic E-state index is -3.78. The molecule has 3 rings (SSSR count). The van der Waals surface area contributed by atoms with Crippen molar-refractivity contribution in [3.05, 3.63) is 46.7 Å². The standard InChI is InChI=1S/C21H22F2N4O4/c1-3-16(24-4-2)21(22,23)20(31)25-10-12-5-6-14-13(9-12)11-27(19(14)30)15-7-8-17(28)26-18(15)29/h3-6,9,15H,7-8,10-11H2,1-2H3,(H,25,31)(H,26,28,29)/b16-3-,24-4?. The number of carbonyl (C=O) groups excluding carboxylic acids is 4. The Bertz CT molecular complexity index is 1000. The van der Waals surface area contributed by atoms with Crippen LogP contribution in [0.4, 0.5) is 8.78 Å². The van der Waals surface area contributed by atoms with Crippen LogP contribution in [0, 0.1) is 0 Å². The van der Waals surface area contributed by atoms with E-state index in [1.54, 1.807) is 18.2 Å². The average Bonchev–Trinajstić information content (AvgIpc) is 3.05. The number of alkyl halides is 2. The molecule has 2 aliphatic rings. The number of hydrogen-bond donors (Lipinski definition) is 2. The monoisotopic (exact) mass is 432 g/mol. The van der Waals surface area contributed by atoms with Crippen LogP contribution in [0.2, 0.25) is 0 Å². The summed E-state index contributed by atoms with van der Waals surface area (Å²) in [5, 5.41) is 4.43. The Kier molecular flexibility index (Phi) is 6.28. The van der Waals surface area contributed by atoms with E-state index in [1.807, 2.05) is 0 Å². The van der Waals surface area contributed by atoms with Gasteiger partial charge >= 0.3 is 5.92 Å². The molecule has 8 nitrogen and oxygen atoms in total. The van der Waals surface area contributed by atoms with Crippen molar-refractivity contribution in [2.24, 2.45) is 4.99 Å². The molecule has 1 unspecified atom stereocenters. The number of nitrogens with one attached hydrogen (secondary N) is 2. The highest BCUT2D eigenvalue weighted by molar-refractivity contribution is 6.05. The van der Waals surface area contributed by atoms with E-state index in [1.165, 1.54) is 25.0 Å². The Hall–Kier alpha value is -3.43. The van der Waals surface area contributed by atoms with Gasteiger partial charge in [-0.3, -0.25) is 29.5 Å². The number of benzene rings is 1. The van der Waals surface area contributed by atoms with Crippen LogP contribution in [0.1, 0.15) is 48.2 Å². The number of amides is 4. The number of aliphatic imine (C=N–C) groups is 1. The van der Waals surface area contributed by atoms with Gasteiger partial charge in [-0.1, -0.05) is 18.2 Å². The minimum absolute atomic E-state index is 0.151. The highest BCUT2D eigenvalue weighted by Gasteiger charge is 2.43. The first-order chi connectivity index (χ1) is 14.7.